The molecule has 3 nitrogen and oxygen atoms in total. The largest absolute Gasteiger partial charge is 0.478 e. The van der Waals surface area contributed by atoms with E-state index in [1.54, 1.807) is 0 Å². The quantitative estimate of drug-likeness (QED) is 0.887. The van der Waals surface area contributed by atoms with Crippen molar-refractivity contribution in [2.75, 3.05) is 0 Å². The van der Waals surface area contributed by atoms with Crippen molar-refractivity contribution in [2.45, 2.75) is 33.1 Å². The molecule has 1 aromatic carbocycles. The monoisotopic (exact) mass is 258 g/mol. The summed E-state index contributed by atoms with van der Waals surface area (Å²) in [7, 11) is 0. The van der Waals surface area contributed by atoms with E-state index >= 15 is 0 Å². The number of hydrogen-bond donors (Lipinski definition) is 1. The number of carbonyl (C=O) groups is 1. The molecule has 0 unspecified atom stereocenters. The summed E-state index contributed by atoms with van der Waals surface area (Å²) in [5, 5.41) is 9.31. The topological polar surface area (TPSA) is 50.4 Å². The van der Waals surface area contributed by atoms with Crippen molar-refractivity contribution in [3.05, 3.63) is 47.2 Å². The summed E-state index contributed by atoms with van der Waals surface area (Å²) < 4.78 is 5.45. The van der Waals surface area contributed by atoms with Gasteiger partial charge in [-0.25, -0.2) is 4.79 Å². The van der Waals surface area contributed by atoms with E-state index in [1.807, 2.05) is 31.2 Å². The fourth-order valence-corrected chi connectivity index (χ4v) is 2.12. The highest BCUT2D eigenvalue weighted by Crippen LogP contribution is 2.29. The van der Waals surface area contributed by atoms with Gasteiger partial charge in [0.05, 0.1) is 6.26 Å². The molecule has 19 heavy (non-hydrogen) atoms. The Balaban J connectivity index is 2.47. The van der Waals surface area contributed by atoms with Crippen LogP contribution in [-0.4, -0.2) is 11.1 Å². The van der Waals surface area contributed by atoms with Crippen molar-refractivity contribution in [2.24, 2.45) is 0 Å². The molecule has 0 bridgehead atoms. The number of rotatable bonds is 4. The molecule has 100 valence electrons. The highest BCUT2D eigenvalue weighted by Gasteiger charge is 2.20. The standard InChI is InChI=1S/C16H18O3/c1-4-11-9-19-15(14(11)16(17)18)13-7-5-12(6-8-13)10(2)3/h5-10H,4H2,1-3H3,(H,17,18). The molecule has 0 saturated carbocycles. The summed E-state index contributed by atoms with van der Waals surface area (Å²) in [5.74, 6) is -0.0380. The molecular formula is C16H18O3. The summed E-state index contributed by atoms with van der Waals surface area (Å²) >= 11 is 0. The lowest BCUT2D eigenvalue weighted by Crippen LogP contribution is -2.00. The Hall–Kier alpha value is -2.03. The van der Waals surface area contributed by atoms with Gasteiger partial charge in [-0.3, -0.25) is 0 Å². The van der Waals surface area contributed by atoms with E-state index in [0.717, 1.165) is 11.1 Å². The second-order valence-corrected chi connectivity index (χ2v) is 4.90. The molecular weight excluding hydrogens is 240 g/mol. The molecule has 2 rings (SSSR count). The van der Waals surface area contributed by atoms with Crippen molar-refractivity contribution in [3.63, 3.8) is 0 Å². The van der Waals surface area contributed by atoms with E-state index < -0.39 is 5.97 Å². The summed E-state index contributed by atoms with van der Waals surface area (Å²) in [4.78, 5) is 11.4. The van der Waals surface area contributed by atoms with E-state index in [0.29, 0.717) is 18.1 Å². The Morgan fingerprint density at radius 2 is 1.89 bits per heavy atom. The van der Waals surface area contributed by atoms with Gasteiger partial charge in [0.2, 0.25) is 0 Å². The minimum Gasteiger partial charge on any atom is -0.478 e. The molecule has 0 spiro atoms. The van der Waals surface area contributed by atoms with Crippen LogP contribution in [0, 0.1) is 0 Å². The zero-order chi connectivity index (χ0) is 14.0. The predicted octanol–water partition coefficient (Wildman–Crippen LogP) is 4.33. The van der Waals surface area contributed by atoms with Crippen LogP contribution in [-0.2, 0) is 6.42 Å². The van der Waals surface area contributed by atoms with E-state index in [2.05, 4.69) is 13.8 Å². The van der Waals surface area contributed by atoms with Crippen LogP contribution in [0.4, 0.5) is 0 Å². The number of carboxylic acid groups (broad SMARTS) is 1. The minimum absolute atomic E-state index is 0.278. The van der Waals surface area contributed by atoms with Crippen LogP contribution in [0.25, 0.3) is 11.3 Å². The zero-order valence-electron chi connectivity index (χ0n) is 11.4. The van der Waals surface area contributed by atoms with Gasteiger partial charge < -0.3 is 9.52 Å². The van der Waals surface area contributed by atoms with E-state index in [4.69, 9.17) is 4.42 Å². The summed E-state index contributed by atoms with van der Waals surface area (Å²) in [6.45, 7) is 6.17. The number of aromatic carboxylic acids is 1. The molecule has 0 aliphatic rings. The van der Waals surface area contributed by atoms with Crippen molar-refractivity contribution < 1.29 is 14.3 Å². The first-order chi connectivity index (χ1) is 9.04. The maximum Gasteiger partial charge on any atom is 0.339 e. The molecule has 0 amide bonds. The maximum atomic E-state index is 11.4. The van der Waals surface area contributed by atoms with Gasteiger partial charge in [0.25, 0.3) is 0 Å². The Labute approximate surface area is 112 Å². The number of carboxylic acids is 1. The molecule has 1 aromatic heterocycles. The average Bonchev–Trinajstić information content (AvgIpc) is 2.82. The van der Waals surface area contributed by atoms with Crippen LogP contribution in [0.15, 0.2) is 34.9 Å². The number of benzene rings is 1. The van der Waals surface area contributed by atoms with Crippen LogP contribution in [0.3, 0.4) is 0 Å². The fraction of sp³-hybridized carbons (Fsp3) is 0.312. The third-order valence-corrected chi connectivity index (χ3v) is 3.30. The van der Waals surface area contributed by atoms with Gasteiger partial charge in [0.15, 0.2) is 0 Å². The van der Waals surface area contributed by atoms with Gasteiger partial charge in [-0.15, -0.1) is 0 Å². The molecule has 3 heteroatoms. The Morgan fingerprint density at radius 3 is 2.37 bits per heavy atom. The van der Waals surface area contributed by atoms with Crippen molar-refractivity contribution in [1.82, 2.24) is 0 Å². The van der Waals surface area contributed by atoms with Gasteiger partial charge in [-0.05, 0) is 17.9 Å². The fourth-order valence-electron chi connectivity index (χ4n) is 2.12. The van der Waals surface area contributed by atoms with Crippen LogP contribution < -0.4 is 0 Å². The summed E-state index contributed by atoms with van der Waals surface area (Å²) in [6.07, 6.45) is 2.18. The third kappa shape index (κ3) is 2.55. The zero-order valence-corrected chi connectivity index (χ0v) is 11.4. The van der Waals surface area contributed by atoms with Gasteiger partial charge in [-0.2, -0.15) is 0 Å². The van der Waals surface area contributed by atoms with Crippen LogP contribution in [0.1, 0.15) is 48.2 Å². The highest BCUT2D eigenvalue weighted by atomic mass is 16.4. The van der Waals surface area contributed by atoms with Crippen molar-refractivity contribution in [3.8, 4) is 11.3 Å². The molecule has 0 radical (unpaired) electrons. The van der Waals surface area contributed by atoms with Gasteiger partial charge in [0.1, 0.15) is 11.3 Å². The molecule has 0 fully saturated rings. The Bertz CT molecular complexity index is 577. The highest BCUT2D eigenvalue weighted by molar-refractivity contribution is 5.96. The minimum atomic E-state index is -0.937. The lowest BCUT2D eigenvalue weighted by Gasteiger charge is -2.06. The number of aryl methyl sites for hydroxylation is 1. The molecule has 0 aliphatic heterocycles. The first kappa shape index (κ1) is 13.4. The third-order valence-electron chi connectivity index (χ3n) is 3.30. The Morgan fingerprint density at radius 1 is 1.26 bits per heavy atom. The summed E-state index contributed by atoms with van der Waals surface area (Å²) in [5.41, 5.74) is 3.04. The first-order valence-corrected chi connectivity index (χ1v) is 6.48. The van der Waals surface area contributed by atoms with Crippen LogP contribution in [0.2, 0.25) is 0 Å². The van der Waals surface area contributed by atoms with E-state index in [-0.39, 0.29) is 5.56 Å². The van der Waals surface area contributed by atoms with Crippen molar-refractivity contribution in [1.29, 1.82) is 0 Å². The number of hydrogen-bond acceptors (Lipinski definition) is 2. The Kier molecular flexibility index (Phi) is 3.74. The predicted molar refractivity (Wildman–Crippen MR) is 74.6 cm³/mol. The average molecular weight is 258 g/mol. The maximum absolute atomic E-state index is 11.4. The molecule has 0 aliphatic carbocycles. The van der Waals surface area contributed by atoms with E-state index in [1.165, 1.54) is 11.8 Å². The number of furan rings is 1. The molecule has 0 atom stereocenters. The van der Waals surface area contributed by atoms with Gasteiger partial charge in [-0.1, -0.05) is 45.0 Å². The molecule has 2 aromatic rings. The lowest BCUT2D eigenvalue weighted by atomic mass is 9.99. The van der Waals surface area contributed by atoms with Crippen LogP contribution >= 0.6 is 0 Å². The summed E-state index contributed by atoms with van der Waals surface area (Å²) in [6, 6.07) is 7.86. The van der Waals surface area contributed by atoms with Gasteiger partial charge >= 0.3 is 5.97 Å². The molecule has 1 heterocycles. The SMILES string of the molecule is CCc1coc(-c2ccc(C(C)C)cc2)c1C(=O)O. The smallest absolute Gasteiger partial charge is 0.339 e. The molecule has 0 saturated heterocycles. The normalized spacial score (nSPS) is 10.9. The van der Waals surface area contributed by atoms with Crippen LogP contribution in [0.5, 0.6) is 0 Å². The second-order valence-electron chi connectivity index (χ2n) is 4.90. The van der Waals surface area contributed by atoms with E-state index in [9.17, 15) is 9.90 Å². The first-order valence-electron chi connectivity index (χ1n) is 6.48. The molecule has 1 N–H and O–H groups in total. The van der Waals surface area contributed by atoms with Gasteiger partial charge in [0, 0.05) is 11.1 Å². The van der Waals surface area contributed by atoms with Crippen molar-refractivity contribution >= 4 is 5.97 Å². The second kappa shape index (κ2) is 5.31. The lowest BCUT2D eigenvalue weighted by molar-refractivity contribution is 0.0696.